The average molecular weight is 280 g/mol. The van der Waals surface area contributed by atoms with Crippen molar-refractivity contribution in [1.82, 2.24) is 0 Å². The van der Waals surface area contributed by atoms with Crippen LogP contribution < -0.4 is 0 Å². The van der Waals surface area contributed by atoms with Crippen LogP contribution in [0.5, 0.6) is 0 Å². The van der Waals surface area contributed by atoms with Crippen molar-refractivity contribution in [3.8, 4) is 0 Å². The minimum atomic E-state index is -3.95. The molecule has 0 aromatic rings. The molecule has 0 saturated heterocycles. The normalized spacial score (nSPS) is 11.3. The van der Waals surface area contributed by atoms with Gasteiger partial charge in [-0.05, 0) is 12.8 Å². The van der Waals surface area contributed by atoms with E-state index in [1.165, 1.54) is 0 Å². The van der Waals surface area contributed by atoms with E-state index in [0.717, 1.165) is 0 Å². The zero-order chi connectivity index (χ0) is 10.5. The van der Waals surface area contributed by atoms with Gasteiger partial charge in [0.25, 0.3) is 20.2 Å². The Morgan fingerprint density at radius 2 is 0.933 bits per heavy atom. The Morgan fingerprint density at radius 3 is 1.13 bits per heavy atom. The van der Waals surface area contributed by atoms with E-state index >= 15 is 0 Å². The molecule has 0 saturated carbocycles. The van der Waals surface area contributed by atoms with Crippen LogP contribution in [0.2, 0.25) is 0 Å². The summed E-state index contributed by atoms with van der Waals surface area (Å²) < 4.78 is 57.3. The molecule has 0 radical (unpaired) electrons. The van der Waals surface area contributed by atoms with E-state index in [0.29, 0.717) is 6.42 Å². The predicted octanol–water partition coefficient (Wildman–Crippen LogP) is -1.36. The summed E-state index contributed by atoms with van der Waals surface area (Å²) in [4.78, 5) is 0. The van der Waals surface area contributed by atoms with Crippen LogP contribution in [0.1, 0.15) is 19.3 Å². The minimum absolute atomic E-state index is 0. The molecule has 0 aliphatic heterocycles. The quantitative estimate of drug-likeness (QED) is 0.353. The molecule has 0 aliphatic rings. The van der Waals surface area contributed by atoms with E-state index < -0.39 is 20.2 Å². The van der Waals surface area contributed by atoms with Gasteiger partial charge in [-0.2, -0.15) is 16.8 Å². The van der Waals surface area contributed by atoms with Gasteiger partial charge in [0.15, 0.2) is 0 Å². The summed E-state index contributed by atoms with van der Waals surface area (Å²) in [6, 6.07) is 0. The summed E-state index contributed by atoms with van der Waals surface area (Å²) in [5.74, 6) is -0.753. The molecule has 0 heterocycles. The molecule has 15 heavy (non-hydrogen) atoms. The van der Waals surface area contributed by atoms with Gasteiger partial charge in [-0.1, -0.05) is 6.42 Å². The van der Waals surface area contributed by atoms with Crippen LogP contribution in [0, 0.1) is 0 Å². The third kappa shape index (κ3) is 21.6. The summed E-state index contributed by atoms with van der Waals surface area (Å²) >= 11 is 0. The summed E-state index contributed by atoms with van der Waals surface area (Å²) in [5.41, 5.74) is 0. The van der Waals surface area contributed by atoms with Crippen LogP contribution in [0.3, 0.4) is 0 Å². The zero-order valence-corrected chi connectivity index (χ0v) is 8.51. The van der Waals surface area contributed by atoms with Crippen LogP contribution in [0.25, 0.3) is 0 Å². The van der Waals surface area contributed by atoms with Crippen LogP contribution in [0.15, 0.2) is 0 Å². The van der Waals surface area contributed by atoms with Crippen molar-refractivity contribution >= 4 is 79.4 Å². The van der Waals surface area contributed by atoms with Gasteiger partial charge in [0.1, 0.15) is 0 Å². The summed E-state index contributed by atoms with van der Waals surface area (Å²) in [7, 11) is -7.90. The van der Waals surface area contributed by atoms with Crippen LogP contribution in [0.4, 0.5) is 0 Å². The maximum atomic E-state index is 10.2. The number of unbranched alkanes of at least 4 members (excludes halogenated alkanes) is 2. The summed E-state index contributed by atoms with van der Waals surface area (Å²) in [6.07, 6.45) is 0.711. The molecule has 0 fully saturated rings. The van der Waals surface area contributed by atoms with E-state index in [4.69, 9.17) is 9.11 Å². The Balaban J connectivity index is -0.000000720. The molecule has 0 amide bonds. The van der Waals surface area contributed by atoms with Gasteiger partial charge in [0, 0.05) is 0 Å². The Hall–Kier alpha value is 1.82. The molecule has 0 atom stereocenters. The van der Waals surface area contributed by atoms with E-state index in [-0.39, 0.29) is 83.5 Å². The van der Waals surface area contributed by atoms with Gasteiger partial charge in [-0.15, -0.1) is 0 Å². The molecule has 0 bridgehead atoms. The standard InChI is InChI=1S/C5H12O6S2.2Na.2H/c6-12(7,8)4-2-1-3-5-13(9,10)11;;;;/h1-5H2,(H,6,7,8)(H,9,10,11);;;;. The van der Waals surface area contributed by atoms with E-state index in [9.17, 15) is 16.8 Å². The van der Waals surface area contributed by atoms with Gasteiger partial charge in [0.2, 0.25) is 0 Å². The third-order valence-electron chi connectivity index (χ3n) is 1.30. The fourth-order valence-corrected chi connectivity index (χ4v) is 1.88. The molecule has 0 aromatic heterocycles. The number of rotatable bonds is 6. The van der Waals surface area contributed by atoms with Crippen molar-refractivity contribution in [2.24, 2.45) is 0 Å². The Morgan fingerprint density at radius 1 is 0.667 bits per heavy atom. The number of hydrogen-bond donors (Lipinski definition) is 2. The second-order valence-electron chi connectivity index (χ2n) is 2.63. The fraction of sp³-hybridized carbons (Fsp3) is 1.00. The first kappa shape index (κ1) is 22.0. The Bertz CT molecular complexity index is 301. The first-order chi connectivity index (χ1) is 5.71. The van der Waals surface area contributed by atoms with Crippen LogP contribution >= 0.6 is 0 Å². The maximum absolute atomic E-state index is 10.2. The predicted molar refractivity (Wildman–Crippen MR) is 61.0 cm³/mol. The average Bonchev–Trinajstić information content (AvgIpc) is 1.81. The Kier molecular flexibility index (Phi) is 14.4. The van der Waals surface area contributed by atoms with E-state index in [1.807, 2.05) is 0 Å². The van der Waals surface area contributed by atoms with Gasteiger partial charge in [-0.3, -0.25) is 9.11 Å². The molecule has 0 spiro atoms. The monoisotopic (exact) mass is 280 g/mol. The molecule has 0 unspecified atom stereocenters. The SMILES string of the molecule is O=S(=O)(O)CCCCCS(=O)(=O)O.[NaH].[NaH]. The summed E-state index contributed by atoms with van der Waals surface area (Å²) in [5, 5.41) is 0. The summed E-state index contributed by atoms with van der Waals surface area (Å²) in [6.45, 7) is 0. The molecule has 84 valence electrons. The molecule has 2 N–H and O–H groups in total. The van der Waals surface area contributed by atoms with Crippen molar-refractivity contribution in [2.45, 2.75) is 19.3 Å². The van der Waals surface area contributed by atoms with Crippen molar-refractivity contribution in [1.29, 1.82) is 0 Å². The molecular formula is C5H14Na2O6S2. The first-order valence-electron chi connectivity index (χ1n) is 3.61. The zero-order valence-electron chi connectivity index (χ0n) is 6.88. The third-order valence-corrected chi connectivity index (χ3v) is 2.91. The van der Waals surface area contributed by atoms with Crippen LogP contribution in [-0.2, 0) is 20.2 Å². The van der Waals surface area contributed by atoms with Crippen LogP contribution in [-0.4, -0.2) is 96.6 Å². The Labute approximate surface area is 134 Å². The molecular weight excluding hydrogens is 266 g/mol. The first-order valence-corrected chi connectivity index (χ1v) is 6.83. The second-order valence-corrected chi connectivity index (χ2v) is 5.78. The van der Waals surface area contributed by atoms with E-state index in [2.05, 4.69) is 0 Å². The topological polar surface area (TPSA) is 109 Å². The van der Waals surface area contributed by atoms with Crippen molar-refractivity contribution in [3.63, 3.8) is 0 Å². The number of hydrogen-bond acceptors (Lipinski definition) is 4. The molecule has 0 aromatic carbocycles. The van der Waals surface area contributed by atoms with E-state index in [1.54, 1.807) is 0 Å². The van der Waals surface area contributed by atoms with Gasteiger partial charge in [0.05, 0.1) is 11.5 Å². The molecule has 6 nitrogen and oxygen atoms in total. The van der Waals surface area contributed by atoms with Crippen molar-refractivity contribution < 1.29 is 25.9 Å². The van der Waals surface area contributed by atoms with Gasteiger partial charge in [-0.25, -0.2) is 0 Å². The molecule has 0 rings (SSSR count). The van der Waals surface area contributed by atoms with Gasteiger partial charge < -0.3 is 0 Å². The second kappa shape index (κ2) is 9.81. The fourth-order valence-electron chi connectivity index (χ4n) is 0.746. The van der Waals surface area contributed by atoms with Crippen molar-refractivity contribution in [2.75, 3.05) is 11.5 Å². The molecule has 10 heteroatoms. The molecule has 0 aliphatic carbocycles. The van der Waals surface area contributed by atoms with Gasteiger partial charge >= 0.3 is 59.1 Å². The van der Waals surface area contributed by atoms with Crippen molar-refractivity contribution in [3.05, 3.63) is 0 Å².